The molecule has 4 atom stereocenters. The maximum atomic E-state index is 13.1. The number of hydrazine groups is 1. The molecule has 2 fully saturated rings. The number of amidine groups is 2. The fourth-order valence-electron chi connectivity index (χ4n) is 4.31. The molecule has 0 aliphatic carbocycles. The van der Waals surface area contributed by atoms with Crippen LogP contribution in [0, 0.1) is 18.3 Å². The standard InChI is InChI=1S/C21H29ClN6OS/c1-4-16(20(29)27-9-5-6-10-27)30-21-24-19-17(13(3)25-26-19)18(23)28(21)15-11-14(22)8-7-12(15)2/h7-8,11,13,16-17,19,23,25-26H,4-6,9-10H2,1-3H3. The van der Waals surface area contributed by atoms with Gasteiger partial charge in [-0.15, -0.1) is 0 Å². The summed E-state index contributed by atoms with van der Waals surface area (Å²) in [6, 6.07) is 5.77. The van der Waals surface area contributed by atoms with E-state index in [9.17, 15) is 4.79 Å². The zero-order chi connectivity index (χ0) is 21.4. The van der Waals surface area contributed by atoms with E-state index in [4.69, 9.17) is 22.0 Å². The quantitative estimate of drug-likeness (QED) is 0.657. The number of fused-ring (bicyclic) bond motifs is 1. The topological polar surface area (TPSA) is 83.8 Å². The lowest BCUT2D eigenvalue weighted by molar-refractivity contribution is -0.129. The molecule has 0 aromatic heterocycles. The van der Waals surface area contributed by atoms with Crippen LogP contribution in [-0.4, -0.2) is 52.4 Å². The van der Waals surface area contributed by atoms with E-state index in [1.165, 1.54) is 11.8 Å². The van der Waals surface area contributed by atoms with Crippen LogP contribution >= 0.6 is 23.4 Å². The Balaban J connectivity index is 1.70. The van der Waals surface area contributed by atoms with Crippen molar-refractivity contribution in [1.29, 1.82) is 5.41 Å². The second-order valence-electron chi connectivity index (χ2n) is 8.16. The van der Waals surface area contributed by atoms with Crippen molar-refractivity contribution in [3.05, 3.63) is 28.8 Å². The van der Waals surface area contributed by atoms with Gasteiger partial charge in [0.15, 0.2) is 5.17 Å². The molecule has 3 aliphatic rings. The molecular formula is C21H29ClN6OS. The van der Waals surface area contributed by atoms with Crippen molar-refractivity contribution < 1.29 is 4.79 Å². The summed E-state index contributed by atoms with van der Waals surface area (Å²) in [4.78, 5) is 21.9. The van der Waals surface area contributed by atoms with Crippen molar-refractivity contribution in [1.82, 2.24) is 15.8 Å². The van der Waals surface area contributed by atoms with Crippen LogP contribution in [0.3, 0.4) is 0 Å². The summed E-state index contributed by atoms with van der Waals surface area (Å²) in [6.07, 6.45) is 2.64. The number of anilines is 1. The number of amides is 1. The molecule has 0 spiro atoms. The predicted molar refractivity (Wildman–Crippen MR) is 124 cm³/mol. The van der Waals surface area contributed by atoms with Crippen molar-refractivity contribution in [3.63, 3.8) is 0 Å². The summed E-state index contributed by atoms with van der Waals surface area (Å²) in [6.45, 7) is 7.77. The molecule has 4 rings (SSSR count). The van der Waals surface area contributed by atoms with Gasteiger partial charge in [0, 0.05) is 24.2 Å². The predicted octanol–water partition coefficient (Wildman–Crippen LogP) is 3.37. The van der Waals surface area contributed by atoms with Gasteiger partial charge in [0.1, 0.15) is 12.0 Å². The van der Waals surface area contributed by atoms with E-state index in [1.54, 1.807) is 0 Å². The van der Waals surface area contributed by atoms with Crippen molar-refractivity contribution in [2.75, 3.05) is 18.0 Å². The summed E-state index contributed by atoms with van der Waals surface area (Å²) >= 11 is 7.78. The number of hydrogen-bond acceptors (Lipinski definition) is 6. The van der Waals surface area contributed by atoms with Gasteiger partial charge >= 0.3 is 0 Å². The number of likely N-dealkylation sites (tertiary alicyclic amines) is 1. The van der Waals surface area contributed by atoms with Gasteiger partial charge in [-0.05, 0) is 50.8 Å². The zero-order valence-corrected chi connectivity index (χ0v) is 19.2. The van der Waals surface area contributed by atoms with Crippen LogP contribution < -0.4 is 15.8 Å². The first kappa shape index (κ1) is 21.6. The highest BCUT2D eigenvalue weighted by Gasteiger charge is 2.45. The molecule has 1 aromatic rings. The summed E-state index contributed by atoms with van der Waals surface area (Å²) in [7, 11) is 0. The summed E-state index contributed by atoms with van der Waals surface area (Å²) < 4.78 is 0. The molecule has 9 heteroatoms. The Morgan fingerprint density at radius 3 is 2.80 bits per heavy atom. The van der Waals surface area contributed by atoms with Crippen LogP contribution in [0.5, 0.6) is 0 Å². The average Bonchev–Trinajstić information content (AvgIpc) is 3.38. The molecular weight excluding hydrogens is 420 g/mol. The third kappa shape index (κ3) is 3.98. The second-order valence-corrected chi connectivity index (χ2v) is 9.76. The molecule has 0 radical (unpaired) electrons. The largest absolute Gasteiger partial charge is 0.342 e. The number of aliphatic imine (C=N–C) groups is 1. The van der Waals surface area contributed by atoms with E-state index in [0.29, 0.717) is 22.4 Å². The Morgan fingerprint density at radius 1 is 1.37 bits per heavy atom. The van der Waals surface area contributed by atoms with E-state index < -0.39 is 0 Å². The average molecular weight is 449 g/mol. The SMILES string of the molecule is CCC(SC1=NC2NNC(C)C2C(=N)N1c1cc(Cl)ccc1C)C(=O)N1CCCC1. The van der Waals surface area contributed by atoms with Gasteiger partial charge in [0.05, 0.1) is 16.9 Å². The normalized spacial score (nSPS) is 27.3. The minimum atomic E-state index is -0.222. The lowest BCUT2D eigenvalue weighted by Gasteiger charge is -2.37. The van der Waals surface area contributed by atoms with Crippen LogP contribution in [0.15, 0.2) is 23.2 Å². The number of nitrogens with one attached hydrogen (secondary N) is 3. The second kappa shape index (κ2) is 8.86. The van der Waals surface area contributed by atoms with Gasteiger partial charge in [-0.2, -0.15) is 0 Å². The molecule has 7 nitrogen and oxygen atoms in total. The first-order chi connectivity index (χ1) is 14.4. The summed E-state index contributed by atoms with van der Waals surface area (Å²) in [5.74, 6) is 0.545. The Bertz CT molecular complexity index is 871. The molecule has 3 heterocycles. The monoisotopic (exact) mass is 448 g/mol. The molecule has 1 amide bonds. The molecule has 4 unspecified atom stereocenters. The molecule has 0 bridgehead atoms. The zero-order valence-electron chi connectivity index (χ0n) is 17.6. The van der Waals surface area contributed by atoms with Crippen LogP contribution in [-0.2, 0) is 4.79 Å². The Morgan fingerprint density at radius 2 is 2.10 bits per heavy atom. The van der Waals surface area contributed by atoms with E-state index in [0.717, 1.165) is 37.2 Å². The number of halogens is 1. The van der Waals surface area contributed by atoms with E-state index >= 15 is 0 Å². The Hall–Kier alpha value is -1.61. The maximum absolute atomic E-state index is 13.1. The fraction of sp³-hybridized carbons (Fsp3) is 0.571. The molecule has 2 saturated heterocycles. The van der Waals surface area contributed by atoms with Gasteiger partial charge in [0.25, 0.3) is 0 Å². The van der Waals surface area contributed by atoms with Gasteiger partial charge in [-0.3, -0.25) is 20.5 Å². The van der Waals surface area contributed by atoms with Crippen LogP contribution in [0.4, 0.5) is 5.69 Å². The first-order valence-electron chi connectivity index (χ1n) is 10.6. The number of aryl methyl sites for hydroxylation is 1. The molecule has 3 aliphatic heterocycles. The summed E-state index contributed by atoms with van der Waals surface area (Å²) in [5.41, 5.74) is 8.27. The van der Waals surface area contributed by atoms with E-state index in [1.807, 2.05) is 41.8 Å². The van der Waals surface area contributed by atoms with Gasteiger partial charge in [0.2, 0.25) is 5.91 Å². The smallest absolute Gasteiger partial charge is 0.236 e. The number of nitrogens with zero attached hydrogens (tertiary/aromatic N) is 3. The number of hydrogen-bond donors (Lipinski definition) is 3. The molecule has 0 saturated carbocycles. The highest BCUT2D eigenvalue weighted by molar-refractivity contribution is 8.15. The lowest BCUT2D eigenvalue weighted by Crippen LogP contribution is -2.51. The van der Waals surface area contributed by atoms with Crippen LogP contribution in [0.1, 0.15) is 38.7 Å². The van der Waals surface area contributed by atoms with Gasteiger partial charge in [-0.25, -0.2) is 10.4 Å². The van der Waals surface area contributed by atoms with Gasteiger partial charge < -0.3 is 4.90 Å². The highest BCUT2D eigenvalue weighted by atomic mass is 35.5. The molecule has 1 aromatic carbocycles. The fourth-order valence-corrected chi connectivity index (χ4v) is 5.63. The van der Waals surface area contributed by atoms with Crippen molar-refractivity contribution in [2.24, 2.45) is 10.9 Å². The number of carbonyl (C=O) groups is 1. The number of thioether (sulfide) groups is 1. The number of carbonyl (C=O) groups excluding carboxylic acids is 1. The minimum Gasteiger partial charge on any atom is -0.342 e. The first-order valence-corrected chi connectivity index (χ1v) is 11.9. The van der Waals surface area contributed by atoms with Crippen molar-refractivity contribution in [2.45, 2.75) is 57.5 Å². The van der Waals surface area contributed by atoms with Crippen LogP contribution in [0.2, 0.25) is 5.02 Å². The highest BCUT2D eigenvalue weighted by Crippen LogP contribution is 2.36. The maximum Gasteiger partial charge on any atom is 0.236 e. The molecule has 3 N–H and O–H groups in total. The third-order valence-corrected chi connectivity index (χ3v) is 7.61. The third-order valence-electron chi connectivity index (χ3n) is 6.06. The van der Waals surface area contributed by atoms with Gasteiger partial charge in [-0.1, -0.05) is 36.4 Å². The molecule has 162 valence electrons. The van der Waals surface area contributed by atoms with E-state index in [2.05, 4.69) is 17.8 Å². The van der Waals surface area contributed by atoms with Crippen molar-refractivity contribution in [3.8, 4) is 0 Å². The Labute approximate surface area is 187 Å². The minimum absolute atomic E-state index is 0.0768. The van der Waals surface area contributed by atoms with E-state index in [-0.39, 0.29) is 29.3 Å². The number of benzene rings is 1. The number of rotatable bonds is 4. The Kier molecular flexibility index (Phi) is 6.39. The molecule has 30 heavy (non-hydrogen) atoms. The lowest BCUT2D eigenvalue weighted by atomic mass is 9.96. The van der Waals surface area contributed by atoms with Crippen molar-refractivity contribution >= 4 is 46.0 Å². The van der Waals surface area contributed by atoms with Crippen LogP contribution in [0.25, 0.3) is 0 Å². The summed E-state index contributed by atoms with van der Waals surface area (Å²) in [5, 5.41) is 10.1.